The molecule has 0 saturated heterocycles. The Morgan fingerprint density at radius 2 is 1.52 bits per heavy atom. The molecule has 0 amide bonds. The number of hydrogen-bond donors (Lipinski definition) is 1. The van der Waals surface area contributed by atoms with Crippen molar-refractivity contribution in [1.82, 2.24) is 4.98 Å². The molecule has 1 radical (unpaired) electrons. The SMILES string of the molecule is CCC(CC)C(=O)/C=C(\O)C(CC)CC.Cc1c(CC(C)(C)CF)ccc2c1sc1c(-c3[c-]c4ccccc4c(C(C)(C)C)c3)nccc12.[Ir]. The first-order valence-corrected chi connectivity index (χ1v) is 18.8. The van der Waals surface area contributed by atoms with E-state index in [1.54, 1.807) is 11.3 Å². The second kappa shape index (κ2) is 17.5. The molecule has 2 aromatic heterocycles. The molecule has 271 valence electrons. The molecule has 2 heterocycles. The maximum Gasteiger partial charge on any atom is 0.162 e. The van der Waals surface area contributed by atoms with Gasteiger partial charge in [0.2, 0.25) is 0 Å². The first kappa shape index (κ1) is 41.5. The van der Waals surface area contributed by atoms with E-state index < -0.39 is 0 Å². The zero-order valence-electron chi connectivity index (χ0n) is 31.6. The molecule has 0 aliphatic heterocycles. The van der Waals surface area contributed by atoms with Gasteiger partial charge >= 0.3 is 0 Å². The van der Waals surface area contributed by atoms with Crippen LogP contribution in [-0.2, 0) is 36.7 Å². The molecule has 3 nitrogen and oxygen atoms in total. The number of aliphatic hydroxyl groups is 1. The number of rotatable bonds is 11. The normalized spacial score (nSPS) is 12.5. The van der Waals surface area contributed by atoms with Gasteiger partial charge in [-0.25, -0.2) is 0 Å². The fraction of sp³-hybridized carbons (Fsp3) is 0.455. The third-order valence-electron chi connectivity index (χ3n) is 9.87. The summed E-state index contributed by atoms with van der Waals surface area (Å²) >= 11 is 1.80. The number of nitrogens with zero attached hydrogens (tertiary/aromatic N) is 1. The number of thiophene rings is 1. The summed E-state index contributed by atoms with van der Waals surface area (Å²) in [5.74, 6) is 0.547. The van der Waals surface area contributed by atoms with Crippen LogP contribution in [0.2, 0.25) is 0 Å². The van der Waals surface area contributed by atoms with Crippen LogP contribution in [-0.4, -0.2) is 22.5 Å². The summed E-state index contributed by atoms with van der Waals surface area (Å²) in [6.45, 7) is 20.7. The second-order valence-electron chi connectivity index (χ2n) is 15.2. The van der Waals surface area contributed by atoms with Crippen LogP contribution < -0.4 is 0 Å². The number of aryl methyl sites for hydroxylation is 1. The Bertz CT molecular complexity index is 1940. The summed E-state index contributed by atoms with van der Waals surface area (Å²) in [5, 5.41) is 14.6. The van der Waals surface area contributed by atoms with Crippen molar-refractivity contribution in [3.05, 3.63) is 89.3 Å². The van der Waals surface area contributed by atoms with Crippen LogP contribution in [0.25, 0.3) is 42.2 Å². The van der Waals surface area contributed by atoms with Crippen LogP contribution in [0.15, 0.2) is 66.6 Å². The van der Waals surface area contributed by atoms with Crippen LogP contribution >= 0.6 is 11.3 Å². The molecule has 5 rings (SSSR count). The first-order chi connectivity index (χ1) is 23.2. The minimum atomic E-state index is -0.356. The molecule has 0 bridgehead atoms. The second-order valence-corrected chi connectivity index (χ2v) is 16.3. The molecule has 3 aromatic carbocycles. The van der Waals surface area contributed by atoms with Crippen LogP contribution in [0.4, 0.5) is 4.39 Å². The smallest absolute Gasteiger partial charge is 0.162 e. The van der Waals surface area contributed by atoms with Crippen LogP contribution in [0.1, 0.15) is 105 Å². The van der Waals surface area contributed by atoms with Crippen molar-refractivity contribution in [3.63, 3.8) is 0 Å². The van der Waals surface area contributed by atoms with Gasteiger partial charge < -0.3 is 5.11 Å². The summed E-state index contributed by atoms with van der Waals surface area (Å²) in [7, 11) is 0. The van der Waals surface area contributed by atoms with E-state index >= 15 is 0 Å². The Labute approximate surface area is 317 Å². The molecule has 0 aliphatic rings. The van der Waals surface area contributed by atoms with E-state index in [4.69, 9.17) is 4.98 Å². The Morgan fingerprint density at radius 1 is 0.900 bits per heavy atom. The fourth-order valence-corrected chi connectivity index (χ4v) is 7.97. The van der Waals surface area contributed by atoms with Gasteiger partial charge in [0.15, 0.2) is 5.78 Å². The van der Waals surface area contributed by atoms with Gasteiger partial charge in [-0.2, -0.15) is 0 Å². The number of allylic oxidation sites excluding steroid dienone is 2. The molecule has 0 unspecified atom stereocenters. The van der Waals surface area contributed by atoms with Gasteiger partial charge in [0.25, 0.3) is 0 Å². The zero-order valence-corrected chi connectivity index (χ0v) is 34.8. The molecule has 0 fully saturated rings. The summed E-state index contributed by atoms with van der Waals surface area (Å²) in [6, 6.07) is 20.9. The standard InChI is InChI=1S/C31H31FNS.C13H24O2.Ir/c1-19-21(17-31(5,6)18-32)11-12-24-25-13-14-33-27(29(25)34-28(19)24)22-15-20-9-7-8-10-23(20)26(16-22)30(2,3)4;1-5-10(6-2)12(14)9-13(15)11(7-3)8-4;/h7-14,16H,17-18H2,1-6H3;9-11,14H,5-8H2,1-4H3;/q-1;;/b;12-9-;. The molecule has 0 spiro atoms. The minimum absolute atomic E-state index is 0. The van der Waals surface area contributed by atoms with Gasteiger partial charge in [0.1, 0.15) is 0 Å². The number of benzene rings is 3. The number of hydrogen-bond acceptors (Lipinski definition) is 4. The number of alkyl halides is 1. The Hall–Kier alpha value is -2.92. The van der Waals surface area contributed by atoms with Crippen LogP contribution in [0.3, 0.4) is 0 Å². The predicted molar refractivity (Wildman–Crippen MR) is 210 cm³/mol. The van der Waals surface area contributed by atoms with Gasteiger partial charge in [0, 0.05) is 64.7 Å². The van der Waals surface area contributed by atoms with Crippen LogP contribution in [0.5, 0.6) is 0 Å². The van der Waals surface area contributed by atoms with E-state index in [-0.39, 0.29) is 61.0 Å². The number of fused-ring (bicyclic) bond motifs is 4. The molecule has 0 atom stereocenters. The number of pyridine rings is 1. The summed E-state index contributed by atoms with van der Waals surface area (Å²) in [6.07, 6.45) is 7.56. The Morgan fingerprint density at radius 3 is 2.12 bits per heavy atom. The number of carbonyl (C=O) groups excluding carboxylic acids is 1. The van der Waals surface area contributed by atoms with Gasteiger partial charge in [-0.15, -0.1) is 40.5 Å². The minimum Gasteiger partial charge on any atom is -0.512 e. The van der Waals surface area contributed by atoms with E-state index in [1.807, 2.05) is 47.7 Å². The monoisotopic (exact) mass is 873 g/mol. The fourth-order valence-electron chi connectivity index (χ4n) is 6.65. The maximum absolute atomic E-state index is 13.5. The van der Waals surface area contributed by atoms with Gasteiger partial charge in [0.05, 0.1) is 12.4 Å². The predicted octanol–water partition coefficient (Wildman–Crippen LogP) is 13.1. The van der Waals surface area contributed by atoms with Crippen molar-refractivity contribution in [3.8, 4) is 11.3 Å². The van der Waals surface area contributed by atoms with Crippen molar-refractivity contribution < 1.29 is 34.4 Å². The number of halogens is 1. The van der Waals surface area contributed by atoms with Crippen molar-refractivity contribution >= 4 is 48.1 Å². The average molecular weight is 873 g/mol. The number of ketones is 1. The Kier molecular flexibility index (Phi) is 14.6. The van der Waals surface area contributed by atoms with E-state index in [1.165, 1.54) is 48.3 Å². The summed E-state index contributed by atoms with van der Waals surface area (Å²) in [5.41, 5.74) is 5.46. The van der Waals surface area contributed by atoms with Gasteiger partial charge in [-0.3, -0.25) is 14.2 Å². The molecule has 0 aliphatic carbocycles. The molecular weight excluding hydrogens is 818 g/mol. The largest absolute Gasteiger partial charge is 0.512 e. The van der Waals surface area contributed by atoms with Crippen molar-refractivity contribution in [2.24, 2.45) is 17.3 Å². The summed E-state index contributed by atoms with van der Waals surface area (Å²) in [4.78, 5) is 16.6. The van der Waals surface area contributed by atoms with Crippen molar-refractivity contribution in [2.75, 3.05) is 6.67 Å². The summed E-state index contributed by atoms with van der Waals surface area (Å²) < 4.78 is 16.0. The van der Waals surface area contributed by atoms with Crippen LogP contribution in [0, 0.1) is 30.2 Å². The first-order valence-electron chi connectivity index (χ1n) is 17.9. The number of aromatic nitrogens is 1. The molecule has 0 saturated carbocycles. The van der Waals surface area contributed by atoms with Crippen molar-refractivity contribution in [2.45, 2.75) is 107 Å². The number of carbonyl (C=O) groups is 1. The molecule has 50 heavy (non-hydrogen) atoms. The van der Waals surface area contributed by atoms with E-state index in [2.05, 4.69) is 82.3 Å². The third kappa shape index (κ3) is 9.29. The molecule has 5 aromatic rings. The van der Waals surface area contributed by atoms with Crippen molar-refractivity contribution in [1.29, 1.82) is 0 Å². The Balaban J connectivity index is 0.000000361. The number of aliphatic hydroxyl groups excluding tert-OH is 1. The third-order valence-corrected chi connectivity index (χ3v) is 11.2. The van der Waals surface area contributed by atoms with E-state index in [9.17, 15) is 14.3 Å². The average Bonchev–Trinajstić information content (AvgIpc) is 3.46. The zero-order chi connectivity index (χ0) is 36.1. The molecular formula is C44H55FIrNO2S-. The van der Waals surface area contributed by atoms with E-state index in [0.717, 1.165) is 48.7 Å². The molecule has 6 heteroatoms. The molecule has 1 N–H and O–H groups in total. The van der Waals surface area contributed by atoms with Gasteiger partial charge in [-0.1, -0.05) is 104 Å². The quantitative estimate of drug-likeness (QED) is 0.0817. The van der Waals surface area contributed by atoms with Gasteiger partial charge in [-0.05, 0) is 72.4 Å². The topological polar surface area (TPSA) is 50.2 Å². The maximum atomic E-state index is 13.5. The van der Waals surface area contributed by atoms with E-state index in [0.29, 0.717) is 0 Å².